The molecule has 5 heteroatoms. The minimum absolute atomic E-state index is 0.438. The van der Waals surface area contributed by atoms with Gasteiger partial charge in [-0.3, -0.25) is 4.98 Å². The molecule has 1 aliphatic carbocycles. The highest BCUT2D eigenvalue weighted by Crippen LogP contribution is 2.34. The van der Waals surface area contributed by atoms with Crippen molar-refractivity contribution < 1.29 is 13.2 Å². The highest BCUT2D eigenvalue weighted by Gasteiger charge is 2.30. The number of hydrogen-bond donors (Lipinski definition) is 1. The molecule has 22 heavy (non-hydrogen) atoms. The van der Waals surface area contributed by atoms with Crippen LogP contribution >= 0.6 is 0 Å². The van der Waals surface area contributed by atoms with Gasteiger partial charge in [0.2, 0.25) is 0 Å². The van der Waals surface area contributed by atoms with E-state index < -0.39 is 11.7 Å². The minimum atomic E-state index is -4.33. The van der Waals surface area contributed by atoms with E-state index in [4.69, 9.17) is 0 Å². The Kier molecular flexibility index (Phi) is 3.81. The number of aryl methyl sites for hydroxylation is 1. The summed E-state index contributed by atoms with van der Waals surface area (Å²) in [6.45, 7) is 1.98. The highest BCUT2D eigenvalue weighted by molar-refractivity contribution is 5.65. The standard InChI is InChI=1S/C17H17F3N2/c1-11-14-7-2-3-8-15(14)16(10-21-11)22-13-6-4-5-12(9-13)17(18,19)20/h4-6,9-10,22H,2-3,7-8H2,1H3. The summed E-state index contributed by atoms with van der Waals surface area (Å²) in [4.78, 5) is 4.38. The third kappa shape index (κ3) is 2.93. The molecule has 0 amide bonds. The first-order valence-electron chi connectivity index (χ1n) is 7.37. The zero-order valence-electron chi connectivity index (χ0n) is 12.3. The second-order valence-corrected chi connectivity index (χ2v) is 5.63. The van der Waals surface area contributed by atoms with E-state index in [0.29, 0.717) is 5.69 Å². The molecule has 0 fully saturated rings. The molecule has 0 bridgehead atoms. The van der Waals surface area contributed by atoms with Gasteiger partial charge in [0.1, 0.15) is 0 Å². The van der Waals surface area contributed by atoms with Gasteiger partial charge in [0.05, 0.1) is 17.4 Å². The molecule has 116 valence electrons. The Bertz CT molecular complexity index is 693. The molecule has 1 aliphatic rings. The van der Waals surface area contributed by atoms with Crippen molar-refractivity contribution in [3.8, 4) is 0 Å². The van der Waals surface area contributed by atoms with Crippen LogP contribution in [-0.2, 0) is 19.0 Å². The second kappa shape index (κ2) is 5.63. The van der Waals surface area contributed by atoms with Crippen LogP contribution in [0.1, 0.15) is 35.2 Å². The first-order valence-corrected chi connectivity index (χ1v) is 7.37. The molecule has 0 unspecified atom stereocenters. The Balaban J connectivity index is 1.94. The molecular weight excluding hydrogens is 289 g/mol. The summed E-state index contributed by atoms with van der Waals surface area (Å²) >= 11 is 0. The van der Waals surface area contributed by atoms with E-state index in [-0.39, 0.29) is 0 Å². The van der Waals surface area contributed by atoms with Crippen molar-refractivity contribution in [3.05, 3.63) is 52.8 Å². The topological polar surface area (TPSA) is 24.9 Å². The smallest absolute Gasteiger partial charge is 0.354 e. The predicted molar refractivity (Wildman–Crippen MR) is 80.3 cm³/mol. The zero-order valence-corrected chi connectivity index (χ0v) is 12.3. The lowest BCUT2D eigenvalue weighted by molar-refractivity contribution is -0.137. The summed E-state index contributed by atoms with van der Waals surface area (Å²) in [6.07, 6.45) is 1.57. The normalized spacial score (nSPS) is 14.5. The van der Waals surface area contributed by atoms with Crippen LogP contribution in [0.3, 0.4) is 0 Å². The lowest BCUT2D eigenvalue weighted by Gasteiger charge is -2.21. The van der Waals surface area contributed by atoms with Crippen LogP contribution < -0.4 is 5.32 Å². The van der Waals surface area contributed by atoms with Crippen LogP contribution in [0, 0.1) is 6.92 Å². The van der Waals surface area contributed by atoms with E-state index >= 15 is 0 Å². The van der Waals surface area contributed by atoms with Gasteiger partial charge in [-0.15, -0.1) is 0 Å². The van der Waals surface area contributed by atoms with E-state index in [2.05, 4.69) is 10.3 Å². The summed E-state index contributed by atoms with van der Waals surface area (Å²) in [5, 5.41) is 3.11. The molecule has 1 heterocycles. The van der Waals surface area contributed by atoms with Crippen molar-refractivity contribution in [2.45, 2.75) is 38.8 Å². The van der Waals surface area contributed by atoms with Gasteiger partial charge in [0, 0.05) is 11.4 Å². The van der Waals surface area contributed by atoms with E-state index in [1.165, 1.54) is 17.2 Å². The molecule has 3 rings (SSSR count). The van der Waals surface area contributed by atoms with E-state index in [1.807, 2.05) is 6.92 Å². The van der Waals surface area contributed by atoms with E-state index in [1.54, 1.807) is 12.3 Å². The molecule has 0 spiro atoms. The number of hydrogen-bond acceptors (Lipinski definition) is 2. The third-order valence-corrected chi connectivity index (χ3v) is 4.09. The van der Waals surface area contributed by atoms with Crippen molar-refractivity contribution in [2.75, 3.05) is 5.32 Å². The fourth-order valence-electron chi connectivity index (χ4n) is 2.96. The molecule has 1 aromatic heterocycles. The first kappa shape index (κ1) is 14.9. The van der Waals surface area contributed by atoms with Gasteiger partial charge in [-0.25, -0.2) is 0 Å². The molecule has 2 aromatic rings. The number of benzene rings is 1. The largest absolute Gasteiger partial charge is 0.416 e. The van der Waals surface area contributed by atoms with Crippen molar-refractivity contribution in [2.24, 2.45) is 0 Å². The number of aromatic nitrogens is 1. The molecule has 0 radical (unpaired) electrons. The van der Waals surface area contributed by atoms with Gasteiger partial charge in [0.25, 0.3) is 0 Å². The van der Waals surface area contributed by atoms with Gasteiger partial charge < -0.3 is 5.32 Å². The number of rotatable bonds is 2. The molecule has 0 aliphatic heterocycles. The van der Waals surface area contributed by atoms with E-state index in [0.717, 1.165) is 49.2 Å². The average molecular weight is 306 g/mol. The molecule has 2 nitrogen and oxygen atoms in total. The molecular formula is C17H17F3N2. The van der Waals surface area contributed by atoms with E-state index in [9.17, 15) is 13.2 Å². The fraction of sp³-hybridized carbons (Fsp3) is 0.353. The summed E-state index contributed by atoms with van der Waals surface area (Å²) in [6, 6.07) is 5.27. The van der Waals surface area contributed by atoms with Crippen molar-refractivity contribution in [1.82, 2.24) is 4.98 Å². The lowest BCUT2D eigenvalue weighted by atomic mass is 9.90. The minimum Gasteiger partial charge on any atom is -0.354 e. The van der Waals surface area contributed by atoms with Crippen LogP contribution in [0.2, 0.25) is 0 Å². The van der Waals surface area contributed by atoms with Gasteiger partial charge in [0.15, 0.2) is 0 Å². The SMILES string of the molecule is Cc1ncc(Nc2cccc(C(F)(F)F)c2)c2c1CCCC2. The van der Waals surface area contributed by atoms with Crippen LogP contribution in [0.5, 0.6) is 0 Å². The van der Waals surface area contributed by atoms with Crippen LogP contribution in [0.15, 0.2) is 30.5 Å². The number of nitrogens with one attached hydrogen (secondary N) is 1. The Morgan fingerprint density at radius 3 is 2.55 bits per heavy atom. The quantitative estimate of drug-likeness (QED) is 0.841. The molecule has 1 aromatic carbocycles. The Hall–Kier alpha value is -2.04. The summed E-state index contributed by atoms with van der Waals surface area (Å²) in [5.74, 6) is 0. The maximum Gasteiger partial charge on any atom is 0.416 e. The van der Waals surface area contributed by atoms with Gasteiger partial charge in [-0.1, -0.05) is 6.07 Å². The highest BCUT2D eigenvalue weighted by atomic mass is 19.4. The van der Waals surface area contributed by atoms with Gasteiger partial charge in [-0.05, 0) is 61.9 Å². The monoisotopic (exact) mass is 306 g/mol. The summed E-state index contributed by atoms with van der Waals surface area (Å²) in [7, 11) is 0. The van der Waals surface area contributed by atoms with Crippen LogP contribution in [0.4, 0.5) is 24.5 Å². The van der Waals surface area contributed by atoms with Gasteiger partial charge in [-0.2, -0.15) is 13.2 Å². The van der Waals surface area contributed by atoms with Crippen LogP contribution in [-0.4, -0.2) is 4.98 Å². The maximum absolute atomic E-state index is 12.8. The fourth-order valence-corrected chi connectivity index (χ4v) is 2.96. The number of nitrogens with zero attached hydrogens (tertiary/aromatic N) is 1. The van der Waals surface area contributed by atoms with Crippen LogP contribution in [0.25, 0.3) is 0 Å². The third-order valence-electron chi connectivity index (χ3n) is 4.09. The summed E-state index contributed by atoms with van der Waals surface area (Å²) in [5.41, 5.74) is 4.06. The Morgan fingerprint density at radius 1 is 1.09 bits per heavy atom. The number of alkyl halides is 3. The number of anilines is 2. The number of fused-ring (bicyclic) bond motifs is 1. The zero-order chi connectivity index (χ0) is 15.7. The number of halogens is 3. The Labute approximate surface area is 127 Å². The maximum atomic E-state index is 12.8. The molecule has 1 N–H and O–H groups in total. The molecule has 0 saturated heterocycles. The lowest BCUT2D eigenvalue weighted by Crippen LogP contribution is -2.10. The van der Waals surface area contributed by atoms with Crippen molar-refractivity contribution >= 4 is 11.4 Å². The van der Waals surface area contributed by atoms with Crippen molar-refractivity contribution in [1.29, 1.82) is 0 Å². The van der Waals surface area contributed by atoms with Gasteiger partial charge >= 0.3 is 6.18 Å². The predicted octanol–water partition coefficient (Wildman–Crippen LogP) is 5.03. The second-order valence-electron chi connectivity index (χ2n) is 5.63. The van der Waals surface area contributed by atoms with Crippen molar-refractivity contribution in [3.63, 3.8) is 0 Å². The molecule has 0 atom stereocenters. The first-order chi connectivity index (χ1) is 10.4. The average Bonchev–Trinajstić information content (AvgIpc) is 2.50. The summed E-state index contributed by atoms with van der Waals surface area (Å²) < 4.78 is 38.4. The Morgan fingerprint density at radius 2 is 1.82 bits per heavy atom. The number of pyridine rings is 1. The molecule has 0 saturated carbocycles.